The van der Waals surface area contributed by atoms with Crippen molar-refractivity contribution in [3.8, 4) is 0 Å². The molecule has 9 nitrogen and oxygen atoms in total. The molecule has 0 radical (unpaired) electrons. The molecule has 5 heterocycles. The van der Waals surface area contributed by atoms with E-state index in [1.165, 1.54) is 0 Å². The highest BCUT2D eigenvalue weighted by atomic mass is 35.5. The highest BCUT2D eigenvalue weighted by molar-refractivity contribution is 7.99. The first kappa shape index (κ1) is 24.6. The maximum Gasteiger partial charge on any atom is 0.176 e. The number of nitrogens with zero attached hydrogens (tertiary/aromatic N) is 6. The van der Waals surface area contributed by atoms with Gasteiger partial charge in [-0.15, -0.1) is 10.2 Å². The quantitative estimate of drug-likeness (QED) is 0.528. The number of fused-ring (bicyclic) bond motifs is 1. The summed E-state index contributed by atoms with van der Waals surface area (Å²) in [5.74, 6) is 2.33. The summed E-state index contributed by atoms with van der Waals surface area (Å²) in [5, 5.41) is 9.68. The van der Waals surface area contributed by atoms with Crippen LogP contribution in [0.15, 0.2) is 28.1 Å². The van der Waals surface area contributed by atoms with Gasteiger partial charge in [0.2, 0.25) is 0 Å². The molecular weight excluding hydrogens is 484 g/mol. The van der Waals surface area contributed by atoms with Crippen LogP contribution in [0.25, 0.3) is 5.65 Å². The predicted octanol–water partition coefficient (Wildman–Crippen LogP) is 3.21. The zero-order valence-electron chi connectivity index (χ0n) is 20.7. The number of nitrogens with two attached hydrogens (primary N) is 2. The number of halogens is 1. The van der Waals surface area contributed by atoms with Crippen LogP contribution in [0.1, 0.15) is 31.2 Å². The molecular formula is C24H33ClN8OS. The fraction of sp³-hybridized carbons (Fsp3) is 0.542. The summed E-state index contributed by atoms with van der Waals surface area (Å²) in [4.78, 5) is 10.5. The van der Waals surface area contributed by atoms with Gasteiger partial charge >= 0.3 is 0 Å². The molecule has 0 unspecified atom stereocenters. The molecule has 0 bridgehead atoms. The van der Waals surface area contributed by atoms with Crippen LogP contribution in [0.2, 0.25) is 5.02 Å². The van der Waals surface area contributed by atoms with Gasteiger partial charge in [-0.3, -0.25) is 4.40 Å². The summed E-state index contributed by atoms with van der Waals surface area (Å²) in [5.41, 5.74) is 14.5. The second-order valence-electron chi connectivity index (χ2n) is 10.0. The third-order valence-electron chi connectivity index (χ3n) is 7.35. The average Bonchev–Trinajstić information content (AvgIpc) is 3.35. The Hall–Kier alpha value is -2.11. The van der Waals surface area contributed by atoms with Gasteiger partial charge in [0.25, 0.3) is 0 Å². The normalized spacial score (nSPS) is 22.1. The molecule has 1 spiro atoms. The molecule has 5 rings (SSSR count). The SMILES string of the molecule is Cc1cc(N2CCC3(CC2)CO[C@@H](C)[C@H]3N)n2c(CN(C)C)nnc2c1Sc1ccnc(N)c1Cl. The fourth-order valence-corrected chi connectivity index (χ4v) is 6.45. The van der Waals surface area contributed by atoms with Crippen LogP contribution < -0.4 is 16.4 Å². The predicted molar refractivity (Wildman–Crippen MR) is 140 cm³/mol. The van der Waals surface area contributed by atoms with Gasteiger partial charge in [-0.25, -0.2) is 4.98 Å². The number of hydrogen-bond acceptors (Lipinski definition) is 9. The summed E-state index contributed by atoms with van der Waals surface area (Å²) < 4.78 is 8.12. The molecule has 0 aromatic carbocycles. The van der Waals surface area contributed by atoms with E-state index in [4.69, 9.17) is 27.8 Å². The van der Waals surface area contributed by atoms with Crippen molar-refractivity contribution in [2.24, 2.45) is 11.1 Å². The number of piperidine rings is 1. The molecule has 35 heavy (non-hydrogen) atoms. The molecule has 2 fully saturated rings. The van der Waals surface area contributed by atoms with Crippen LogP contribution in [0.4, 0.5) is 11.6 Å². The zero-order chi connectivity index (χ0) is 24.9. The molecule has 11 heteroatoms. The highest BCUT2D eigenvalue weighted by Gasteiger charge is 2.47. The number of hydrogen-bond donors (Lipinski definition) is 2. The first-order valence-corrected chi connectivity index (χ1v) is 13.1. The maximum absolute atomic E-state index is 6.56. The lowest BCUT2D eigenvalue weighted by atomic mass is 9.73. The Morgan fingerprint density at radius 3 is 2.69 bits per heavy atom. The smallest absolute Gasteiger partial charge is 0.176 e. The molecule has 3 aromatic rings. The van der Waals surface area contributed by atoms with E-state index in [9.17, 15) is 0 Å². The summed E-state index contributed by atoms with van der Waals surface area (Å²) >= 11 is 8.02. The number of nitrogen functional groups attached to an aromatic ring is 1. The molecule has 4 N–H and O–H groups in total. The van der Waals surface area contributed by atoms with E-state index < -0.39 is 0 Å². The van der Waals surface area contributed by atoms with E-state index in [1.807, 2.05) is 20.2 Å². The molecule has 188 valence electrons. The van der Waals surface area contributed by atoms with Crippen molar-refractivity contribution in [1.82, 2.24) is 24.5 Å². The topological polar surface area (TPSA) is 111 Å². The first-order valence-electron chi connectivity index (χ1n) is 11.9. The van der Waals surface area contributed by atoms with Gasteiger partial charge in [0.1, 0.15) is 11.6 Å². The van der Waals surface area contributed by atoms with Crippen molar-refractivity contribution in [2.45, 2.75) is 55.2 Å². The van der Waals surface area contributed by atoms with Crippen molar-refractivity contribution in [3.63, 3.8) is 0 Å². The van der Waals surface area contributed by atoms with Crippen LogP contribution in [-0.4, -0.2) is 70.4 Å². The Bertz CT molecular complexity index is 1240. The van der Waals surface area contributed by atoms with Gasteiger partial charge < -0.3 is 26.0 Å². The van der Waals surface area contributed by atoms with Gasteiger partial charge in [0, 0.05) is 35.6 Å². The lowest BCUT2D eigenvalue weighted by molar-refractivity contribution is 0.0974. The Labute approximate surface area is 215 Å². The highest BCUT2D eigenvalue weighted by Crippen LogP contribution is 2.44. The van der Waals surface area contributed by atoms with Crippen LogP contribution in [0, 0.1) is 12.3 Å². The molecule has 0 aliphatic carbocycles. The largest absolute Gasteiger partial charge is 0.382 e. The summed E-state index contributed by atoms with van der Waals surface area (Å²) in [7, 11) is 4.08. The lowest BCUT2D eigenvalue weighted by Crippen LogP contribution is -2.51. The number of aryl methyl sites for hydroxylation is 1. The van der Waals surface area contributed by atoms with Gasteiger partial charge in [0.05, 0.1) is 29.2 Å². The Morgan fingerprint density at radius 1 is 1.29 bits per heavy atom. The minimum absolute atomic E-state index is 0.0670. The molecule has 2 aliphatic rings. The Kier molecular flexibility index (Phi) is 6.60. The average molecular weight is 517 g/mol. The molecule has 2 atom stereocenters. The second-order valence-corrected chi connectivity index (χ2v) is 11.5. The van der Waals surface area contributed by atoms with Gasteiger partial charge in [-0.05, 0) is 58.5 Å². The van der Waals surface area contributed by atoms with Crippen LogP contribution >= 0.6 is 23.4 Å². The number of anilines is 2. The number of rotatable bonds is 5. The third-order valence-corrected chi connectivity index (χ3v) is 9.12. The van der Waals surface area contributed by atoms with Crippen LogP contribution in [-0.2, 0) is 11.3 Å². The molecule has 3 aromatic heterocycles. The molecule has 2 saturated heterocycles. The minimum Gasteiger partial charge on any atom is -0.382 e. The first-order chi connectivity index (χ1) is 16.7. The van der Waals surface area contributed by atoms with E-state index >= 15 is 0 Å². The van der Waals surface area contributed by atoms with Crippen molar-refractivity contribution >= 4 is 40.6 Å². The summed E-state index contributed by atoms with van der Waals surface area (Å²) in [6.07, 6.45) is 3.80. The van der Waals surface area contributed by atoms with Gasteiger partial charge in [0.15, 0.2) is 11.5 Å². The van der Waals surface area contributed by atoms with Gasteiger partial charge in [-0.2, -0.15) is 0 Å². The monoisotopic (exact) mass is 516 g/mol. The number of ether oxygens (including phenoxy) is 1. The van der Waals surface area contributed by atoms with Crippen LogP contribution in [0.5, 0.6) is 0 Å². The number of pyridine rings is 2. The van der Waals surface area contributed by atoms with Crippen LogP contribution in [0.3, 0.4) is 0 Å². The van der Waals surface area contributed by atoms with E-state index in [0.717, 1.165) is 65.2 Å². The molecule has 0 amide bonds. The van der Waals surface area contributed by atoms with E-state index in [1.54, 1.807) is 18.0 Å². The van der Waals surface area contributed by atoms with Crippen molar-refractivity contribution in [1.29, 1.82) is 0 Å². The third kappa shape index (κ3) is 4.35. The maximum atomic E-state index is 6.56. The number of aromatic nitrogens is 4. The summed E-state index contributed by atoms with van der Waals surface area (Å²) in [6.45, 7) is 7.45. The van der Waals surface area contributed by atoms with Crippen molar-refractivity contribution in [2.75, 3.05) is 44.4 Å². The standard InChI is InChI=1S/C24H33ClN8OS/c1-14-11-18(32-9-6-24(7-10-32)13-34-15(2)21(24)26)33-17(12-31(3)4)29-30-23(33)20(14)35-16-5-8-28-22(27)19(16)25/h5,8,11,15,21H,6-7,9-10,12-13,26H2,1-4H3,(H2,27,28)/t15-,21+/m0/s1. The Balaban J connectivity index is 1.54. The van der Waals surface area contributed by atoms with Crippen molar-refractivity contribution < 1.29 is 4.74 Å². The fourth-order valence-electron chi connectivity index (χ4n) is 5.23. The van der Waals surface area contributed by atoms with Gasteiger partial charge in [-0.1, -0.05) is 23.4 Å². The minimum atomic E-state index is 0.0670. The second kappa shape index (κ2) is 9.40. The van der Waals surface area contributed by atoms with E-state index in [2.05, 4.69) is 49.3 Å². The Morgan fingerprint density at radius 2 is 2.03 bits per heavy atom. The summed E-state index contributed by atoms with van der Waals surface area (Å²) in [6, 6.07) is 4.20. The van der Waals surface area contributed by atoms with E-state index in [0.29, 0.717) is 17.4 Å². The molecule has 2 aliphatic heterocycles. The van der Waals surface area contributed by atoms with E-state index in [-0.39, 0.29) is 17.6 Å². The van der Waals surface area contributed by atoms with Crippen molar-refractivity contribution in [3.05, 3.63) is 34.7 Å². The zero-order valence-corrected chi connectivity index (χ0v) is 22.2. The molecule has 0 saturated carbocycles. The lowest BCUT2D eigenvalue weighted by Gasteiger charge is -2.42.